The van der Waals surface area contributed by atoms with Gasteiger partial charge in [0.1, 0.15) is 5.75 Å². The monoisotopic (exact) mass is 296 g/mol. The zero-order chi connectivity index (χ0) is 12.3. The van der Waals surface area contributed by atoms with E-state index in [1.54, 1.807) is 6.07 Å². The number of alkyl halides is 3. The van der Waals surface area contributed by atoms with Crippen molar-refractivity contribution in [3.8, 4) is 5.75 Å². The number of carbonyl (C=O) groups is 1. The van der Waals surface area contributed by atoms with Crippen molar-refractivity contribution in [2.24, 2.45) is 0 Å². The first-order chi connectivity index (χ1) is 7.29. The summed E-state index contributed by atoms with van der Waals surface area (Å²) < 4.78 is 41.0. The lowest BCUT2D eigenvalue weighted by atomic mass is 10.1. The van der Waals surface area contributed by atoms with E-state index >= 15 is 0 Å². The lowest BCUT2D eigenvalue weighted by molar-refractivity contribution is -0.153. The van der Waals surface area contributed by atoms with Crippen LogP contribution in [0.15, 0.2) is 22.7 Å². The molecule has 16 heavy (non-hydrogen) atoms. The molecular weight excluding hydrogens is 289 g/mol. The van der Waals surface area contributed by atoms with Gasteiger partial charge in [-0.15, -0.1) is 0 Å². The fraction of sp³-hybridized carbons (Fsp3) is 0.300. The average molecular weight is 297 g/mol. The van der Waals surface area contributed by atoms with Gasteiger partial charge in [0.05, 0.1) is 5.56 Å². The Kier molecular flexibility index (Phi) is 3.96. The van der Waals surface area contributed by atoms with Crippen LogP contribution in [0.25, 0.3) is 0 Å². The van der Waals surface area contributed by atoms with Gasteiger partial charge in [-0.1, -0.05) is 15.9 Å². The van der Waals surface area contributed by atoms with Crippen LogP contribution in [-0.2, 0) is 0 Å². The zero-order valence-electron chi connectivity index (χ0n) is 8.27. The van der Waals surface area contributed by atoms with Crippen molar-refractivity contribution in [3.05, 3.63) is 28.2 Å². The number of halogens is 4. The van der Waals surface area contributed by atoms with Crippen LogP contribution in [-0.4, -0.2) is 18.6 Å². The third-order valence-electron chi connectivity index (χ3n) is 1.71. The quantitative estimate of drug-likeness (QED) is 0.797. The SMILES string of the molecule is CC(=O)c1ccc(Br)cc1OCC(F)(F)F. The molecule has 0 heterocycles. The second-order valence-corrected chi connectivity index (χ2v) is 4.02. The summed E-state index contributed by atoms with van der Waals surface area (Å²) in [6.45, 7) is -0.145. The molecular formula is C10H8BrF3O2. The highest BCUT2D eigenvalue weighted by Crippen LogP contribution is 2.26. The first kappa shape index (κ1) is 13.0. The van der Waals surface area contributed by atoms with Gasteiger partial charge in [-0.05, 0) is 25.1 Å². The Morgan fingerprint density at radius 1 is 1.44 bits per heavy atom. The van der Waals surface area contributed by atoms with E-state index in [0.29, 0.717) is 4.47 Å². The molecule has 88 valence electrons. The summed E-state index contributed by atoms with van der Waals surface area (Å²) in [4.78, 5) is 11.1. The summed E-state index contributed by atoms with van der Waals surface area (Å²) in [6, 6.07) is 4.32. The second-order valence-electron chi connectivity index (χ2n) is 3.10. The predicted molar refractivity (Wildman–Crippen MR) is 55.7 cm³/mol. The van der Waals surface area contributed by atoms with Crippen molar-refractivity contribution < 1.29 is 22.7 Å². The maximum Gasteiger partial charge on any atom is 0.422 e. The third-order valence-corrected chi connectivity index (χ3v) is 2.21. The van der Waals surface area contributed by atoms with Gasteiger partial charge in [0.15, 0.2) is 12.4 Å². The summed E-state index contributed by atoms with van der Waals surface area (Å²) in [7, 11) is 0. The predicted octanol–water partition coefficient (Wildman–Crippen LogP) is 3.59. The second kappa shape index (κ2) is 4.86. The normalized spacial score (nSPS) is 11.3. The van der Waals surface area contributed by atoms with Crippen LogP contribution in [0.4, 0.5) is 13.2 Å². The fourth-order valence-corrected chi connectivity index (χ4v) is 1.41. The van der Waals surface area contributed by atoms with Crippen molar-refractivity contribution in [2.45, 2.75) is 13.1 Å². The van der Waals surface area contributed by atoms with Crippen LogP contribution in [0.2, 0.25) is 0 Å². The molecule has 0 fully saturated rings. The van der Waals surface area contributed by atoms with Gasteiger partial charge < -0.3 is 4.74 Å². The molecule has 0 radical (unpaired) electrons. The molecule has 0 bridgehead atoms. The molecule has 0 N–H and O–H groups in total. The molecule has 0 spiro atoms. The minimum absolute atomic E-state index is 0.0702. The summed E-state index contributed by atoms with van der Waals surface area (Å²) in [5.41, 5.74) is 0.132. The van der Waals surface area contributed by atoms with Crippen molar-refractivity contribution >= 4 is 21.7 Å². The number of ketones is 1. The van der Waals surface area contributed by atoms with Crippen LogP contribution in [0.5, 0.6) is 5.75 Å². The summed E-state index contributed by atoms with van der Waals surface area (Å²) >= 11 is 3.09. The molecule has 0 saturated heterocycles. The molecule has 0 aromatic heterocycles. The Bertz CT molecular complexity index is 402. The van der Waals surface area contributed by atoms with Crippen LogP contribution in [0.1, 0.15) is 17.3 Å². The van der Waals surface area contributed by atoms with Crippen LogP contribution < -0.4 is 4.74 Å². The Labute approximate surface area is 98.5 Å². The molecule has 1 aromatic rings. The van der Waals surface area contributed by atoms with Crippen molar-refractivity contribution in [3.63, 3.8) is 0 Å². The number of ether oxygens (including phenoxy) is 1. The molecule has 1 rings (SSSR count). The van der Waals surface area contributed by atoms with Gasteiger partial charge >= 0.3 is 6.18 Å². The van der Waals surface area contributed by atoms with Gasteiger partial charge in [-0.25, -0.2) is 0 Å². The highest BCUT2D eigenvalue weighted by molar-refractivity contribution is 9.10. The van der Waals surface area contributed by atoms with Gasteiger partial charge in [0.2, 0.25) is 0 Å². The van der Waals surface area contributed by atoms with E-state index in [2.05, 4.69) is 20.7 Å². The Morgan fingerprint density at radius 3 is 2.56 bits per heavy atom. The number of benzene rings is 1. The molecule has 6 heteroatoms. The van der Waals surface area contributed by atoms with E-state index in [9.17, 15) is 18.0 Å². The minimum atomic E-state index is -4.42. The molecule has 0 saturated carbocycles. The van der Waals surface area contributed by atoms with Gasteiger partial charge in [0, 0.05) is 4.47 Å². The van der Waals surface area contributed by atoms with Crippen molar-refractivity contribution in [2.75, 3.05) is 6.61 Å². The number of hydrogen-bond donors (Lipinski definition) is 0. The fourth-order valence-electron chi connectivity index (χ4n) is 1.07. The van der Waals surface area contributed by atoms with Gasteiger partial charge in [0.25, 0.3) is 0 Å². The van der Waals surface area contributed by atoms with E-state index in [0.717, 1.165) is 0 Å². The number of rotatable bonds is 3. The highest BCUT2D eigenvalue weighted by atomic mass is 79.9. The molecule has 0 amide bonds. The maximum absolute atomic E-state index is 12.0. The Hall–Kier alpha value is -1.04. The van der Waals surface area contributed by atoms with Crippen LogP contribution in [0.3, 0.4) is 0 Å². The number of carbonyl (C=O) groups excluding carboxylic acids is 1. The number of hydrogen-bond acceptors (Lipinski definition) is 2. The van der Waals surface area contributed by atoms with E-state index in [1.165, 1.54) is 19.1 Å². The molecule has 0 unspecified atom stereocenters. The smallest absolute Gasteiger partial charge is 0.422 e. The Balaban J connectivity index is 2.93. The molecule has 0 aliphatic heterocycles. The molecule has 0 aliphatic carbocycles. The Morgan fingerprint density at radius 2 is 2.06 bits per heavy atom. The van der Waals surface area contributed by atoms with Gasteiger partial charge in [-0.2, -0.15) is 13.2 Å². The summed E-state index contributed by atoms with van der Waals surface area (Å²) in [5.74, 6) is -0.413. The topological polar surface area (TPSA) is 26.3 Å². The van der Waals surface area contributed by atoms with E-state index in [4.69, 9.17) is 0 Å². The number of Topliss-reactive ketones (excluding diaryl/α,β-unsaturated/α-hetero) is 1. The van der Waals surface area contributed by atoms with E-state index < -0.39 is 12.8 Å². The first-order valence-corrected chi connectivity index (χ1v) is 5.09. The third kappa shape index (κ3) is 3.84. The van der Waals surface area contributed by atoms with E-state index in [-0.39, 0.29) is 17.1 Å². The lowest BCUT2D eigenvalue weighted by Crippen LogP contribution is -2.20. The largest absolute Gasteiger partial charge is 0.483 e. The maximum atomic E-state index is 12.0. The molecule has 0 aliphatic rings. The average Bonchev–Trinajstić information content (AvgIpc) is 2.13. The van der Waals surface area contributed by atoms with Crippen LogP contribution in [0, 0.1) is 0 Å². The molecule has 2 nitrogen and oxygen atoms in total. The first-order valence-electron chi connectivity index (χ1n) is 4.29. The van der Waals surface area contributed by atoms with Gasteiger partial charge in [-0.3, -0.25) is 4.79 Å². The highest BCUT2D eigenvalue weighted by Gasteiger charge is 2.29. The van der Waals surface area contributed by atoms with Crippen molar-refractivity contribution in [1.82, 2.24) is 0 Å². The zero-order valence-corrected chi connectivity index (χ0v) is 9.85. The summed E-state index contributed by atoms with van der Waals surface area (Å²) in [5, 5.41) is 0. The summed E-state index contributed by atoms with van der Waals surface area (Å²) in [6.07, 6.45) is -4.42. The molecule has 1 aromatic carbocycles. The van der Waals surface area contributed by atoms with Crippen LogP contribution >= 0.6 is 15.9 Å². The molecule has 0 atom stereocenters. The standard InChI is InChI=1S/C10H8BrF3O2/c1-6(15)8-3-2-7(11)4-9(8)16-5-10(12,13)14/h2-4H,5H2,1H3. The van der Waals surface area contributed by atoms with Crippen molar-refractivity contribution in [1.29, 1.82) is 0 Å². The van der Waals surface area contributed by atoms with E-state index in [1.807, 2.05) is 0 Å². The lowest BCUT2D eigenvalue weighted by Gasteiger charge is -2.12. The minimum Gasteiger partial charge on any atom is -0.483 e.